The molecule has 0 bridgehead atoms. The van der Waals surface area contributed by atoms with E-state index in [1.165, 1.54) is 6.07 Å². The predicted octanol–water partition coefficient (Wildman–Crippen LogP) is 0.894. The Balaban J connectivity index is 0.000000218. The lowest BCUT2D eigenvalue weighted by atomic mass is 10.3. The topological polar surface area (TPSA) is 64.2 Å². The van der Waals surface area contributed by atoms with Crippen LogP contribution in [0, 0.1) is 11.3 Å². The summed E-state index contributed by atoms with van der Waals surface area (Å²) in [4.78, 5) is 0. The Morgan fingerprint density at radius 3 is 1.91 bits per heavy atom. The van der Waals surface area contributed by atoms with Crippen LogP contribution < -0.4 is 0 Å². The quantitative estimate of drug-likeness (QED) is 0.541. The molecule has 0 aromatic heterocycles. The second-order valence-electron chi connectivity index (χ2n) is 1.65. The van der Waals surface area contributed by atoms with Gasteiger partial charge in [0.25, 0.3) is 0 Å². The lowest BCUT2D eigenvalue weighted by molar-refractivity contribution is 0.348. The van der Waals surface area contributed by atoms with Crippen LogP contribution in [0.2, 0.25) is 0 Å². The Kier molecular flexibility index (Phi) is 5.67. The van der Waals surface area contributed by atoms with Gasteiger partial charge in [-0.3, -0.25) is 0 Å². The van der Waals surface area contributed by atoms with Crippen LogP contribution >= 0.6 is 0 Å². The summed E-state index contributed by atoms with van der Waals surface area (Å²) in [7, 11) is 0. The van der Waals surface area contributed by atoms with Gasteiger partial charge in [-0.05, 0) is 12.1 Å². The average molecular weight is 151 g/mol. The van der Waals surface area contributed by atoms with Crippen molar-refractivity contribution in [1.82, 2.24) is 0 Å². The lowest BCUT2D eigenvalue weighted by Gasteiger charge is -1.82. The van der Waals surface area contributed by atoms with E-state index in [-0.39, 0.29) is 6.61 Å². The molecule has 0 unspecified atom stereocenters. The van der Waals surface area contributed by atoms with Crippen molar-refractivity contribution in [3.05, 3.63) is 30.3 Å². The van der Waals surface area contributed by atoms with Crippen LogP contribution in [0.4, 0.5) is 0 Å². The molecule has 0 radical (unpaired) electrons. The summed E-state index contributed by atoms with van der Waals surface area (Å²) >= 11 is 0. The van der Waals surface area contributed by atoms with Crippen molar-refractivity contribution in [2.45, 2.75) is 0 Å². The van der Waals surface area contributed by atoms with Gasteiger partial charge in [0, 0.05) is 0 Å². The number of aromatic hydroxyl groups is 1. The molecule has 1 rings (SSSR count). The van der Waals surface area contributed by atoms with Crippen LogP contribution in [-0.4, -0.2) is 16.8 Å². The molecule has 58 valence electrons. The first-order valence-electron chi connectivity index (χ1n) is 3.03. The maximum absolute atomic E-state index is 8.63. The molecule has 0 heterocycles. The number of aliphatic hydroxyl groups is 1. The van der Waals surface area contributed by atoms with Gasteiger partial charge in [0.1, 0.15) is 12.4 Å². The largest absolute Gasteiger partial charge is 0.508 e. The minimum atomic E-state index is -0.375. The maximum atomic E-state index is 8.63. The highest BCUT2D eigenvalue weighted by atomic mass is 16.3. The first-order valence-corrected chi connectivity index (χ1v) is 3.03. The van der Waals surface area contributed by atoms with Crippen LogP contribution in [0.3, 0.4) is 0 Å². The minimum absolute atomic E-state index is 0.322. The number of aliphatic hydroxyl groups excluding tert-OH is 1. The summed E-state index contributed by atoms with van der Waals surface area (Å²) < 4.78 is 0. The Morgan fingerprint density at radius 1 is 1.27 bits per heavy atom. The van der Waals surface area contributed by atoms with E-state index < -0.39 is 0 Å². The van der Waals surface area contributed by atoms with E-state index >= 15 is 0 Å². The van der Waals surface area contributed by atoms with Crippen LogP contribution in [0.1, 0.15) is 0 Å². The fourth-order valence-corrected chi connectivity index (χ4v) is 0.428. The van der Waals surface area contributed by atoms with Gasteiger partial charge < -0.3 is 10.2 Å². The van der Waals surface area contributed by atoms with E-state index in [1.54, 1.807) is 24.3 Å². The Morgan fingerprint density at radius 2 is 1.73 bits per heavy atom. The van der Waals surface area contributed by atoms with Crippen molar-refractivity contribution in [2.24, 2.45) is 0 Å². The Hall–Kier alpha value is -1.53. The molecule has 0 spiro atoms. The van der Waals surface area contributed by atoms with Crippen molar-refractivity contribution >= 4 is 0 Å². The number of nitrogens with zero attached hydrogens (tertiary/aromatic N) is 1. The molecular formula is C8H9NO2. The zero-order chi connectivity index (χ0) is 8.53. The maximum Gasteiger partial charge on any atom is 0.130 e. The van der Waals surface area contributed by atoms with Gasteiger partial charge in [0.15, 0.2) is 0 Å². The highest BCUT2D eigenvalue weighted by molar-refractivity contribution is 5.18. The normalized spacial score (nSPS) is 7.27. The second kappa shape index (κ2) is 6.59. The molecule has 11 heavy (non-hydrogen) atoms. The molecule has 0 aliphatic carbocycles. The van der Waals surface area contributed by atoms with E-state index in [9.17, 15) is 0 Å². The molecule has 0 saturated carbocycles. The smallest absolute Gasteiger partial charge is 0.130 e. The van der Waals surface area contributed by atoms with Crippen molar-refractivity contribution < 1.29 is 10.2 Å². The third-order valence-electron chi connectivity index (χ3n) is 0.827. The average Bonchev–Trinajstić information content (AvgIpc) is 2.07. The predicted molar refractivity (Wildman–Crippen MR) is 40.8 cm³/mol. The summed E-state index contributed by atoms with van der Waals surface area (Å²) in [5, 5.41) is 23.5. The summed E-state index contributed by atoms with van der Waals surface area (Å²) in [5.74, 6) is 0.322. The highest BCUT2D eigenvalue weighted by Gasteiger charge is 1.74. The Bertz CT molecular complexity index is 215. The highest BCUT2D eigenvalue weighted by Crippen LogP contribution is 2.02. The number of hydrogen-bond donors (Lipinski definition) is 2. The summed E-state index contributed by atoms with van der Waals surface area (Å²) in [6.45, 7) is -0.375. The van der Waals surface area contributed by atoms with E-state index in [1.807, 2.05) is 6.07 Å². The molecule has 0 fully saturated rings. The van der Waals surface area contributed by atoms with Gasteiger partial charge in [-0.2, -0.15) is 5.26 Å². The van der Waals surface area contributed by atoms with Crippen molar-refractivity contribution in [2.75, 3.05) is 6.61 Å². The van der Waals surface area contributed by atoms with Gasteiger partial charge in [-0.25, -0.2) is 0 Å². The number of phenols is 1. The summed E-state index contributed by atoms with van der Waals surface area (Å²) in [5.41, 5.74) is 0. The second-order valence-corrected chi connectivity index (χ2v) is 1.65. The van der Waals surface area contributed by atoms with Crippen LogP contribution in [-0.2, 0) is 0 Å². The summed E-state index contributed by atoms with van der Waals surface area (Å²) in [6.07, 6.45) is 0. The third kappa shape index (κ3) is 6.35. The molecule has 2 N–H and O–H groups in total. The molecule has 0 aliphatic rings. The van der Waals surface area contributed by atoms with Gasteiger partial charge in [0.05, 0.1) is 6.07 Å². The van der Waals surface area contributed by atoms with E-state index in [0.717, 1.165) is 0 Å². The van der Waals surface area contributed by atoms with Crippen LogP contribution in [0.5, 0.6) is 5.75 Å². The molecule has 0 atom stereocenters. The van der Waals surface area contributed by atoms with Gasteiger partial charge >= 0.3 is 0 Å². The van der Waals surface area contributed by atoms with Crippen LogP contribution in [0.25, 0.3) is 0 Å². The van der Waals surface area contributed by atoms with Gasteiger partial charge in [0.2, 0.25) is 0 Å². The number of phenolic OH excluding ortho intramolecular Hbond substituents is 1. The van der Waals surface area contributed by atoms with Crippen molar-refractivity contribution in [3.8, 4) is 11.8 Å². The standard InChI is InChI=1S/C6H6O.C2H3NO/c7-6-4-2-1-3-5-6;3-1-2-4/h1-5,7H;4H,2H2. The van der Waals surface area contributed by atoms with E-state index in [0.29, 0.717) is 5.75 Å². The fraction of sp³-hybridized carbons (Fsp3) is 0.125. The molecule has 1 aromatic rings. The van der Waals surface area contributed by atoms with Crippen molar-refractivity contribution in [1.29, 1.82) is 5.26 Å². The minimum Gasteiger partial charge on any atom is -0.508 e. The summed E-state index contributed by atoms with van der Waals surface area (Å²) in [6, 6.07) is 10.2. The molecule has 0 saturated heterocycles. The third-order valence-corrected chi connectivity index (χ3v) is 0.827. The SMILES string of the molecule is N#CCO.Oc1ccccc1. The van der Waals surface area contributed by atoms with E-state index in [2.05, 4.69) is 0 Å². The zero-order valence-electron chi connectivity index (χ0n) is 5.94. The van der Waals surface area contributed by atoms with Gasteiger partial charge in [-0.15, -0.1) is 0 Å². The van der Waals surface area contributed by atoms with Crippen molar-refractivity contribution in [3.63, 3.8) is 0 Å². The Labute approximate surface area is 65.1 Å². The molecule has 0 amide bonds. The first kappa shape index (κ1) is 9.47. The number of hydrogen-bond acceptors (Lipinski definition) is 3. The van der Waals surface area contributed by atoms with Gasteiger partial charge in [-0.1, -0.05) is 18.2 Å². The lowest BCUT2D eigenvalue weighted by Crippen LogP contribution is -1.64. The fourth-order valence-electron chi connectivity index (χ4n) is 0.428. The molecular weight excluding hydrogens is 142 g/mol. The number of nitriles is 1. The monoisotopic (exact) mass is 151 g/mol. The molecule has 3 heteroatoms. The zero-order valence-corrected chi connectivity index (χ0v) is 5.94. The molecule has 0 aliphatic heterocycles. The van der Waals surface area contributed by atoms with E-state index in [4.69, 9.17) is 15.5 Å². The number of rotatable bonds is 0. The molecule has 1 aromatic carbocycles. The number of benzene rings is 1. The van der Waals surface area contributed by atoms with Crippen LogP contribution in [0.15, 0.2) is 30.3 Å². The first-order chi connectivity index (χ1) is 5.31. The number of para-hydroxylation sites is 1. The molecule has 3 nitrogen and oxygen atoms in total.